The minimum atomic E-state index is -0.647. The van der Waals surface area contributed by atoms with Crippen LogP contribution in [0.15, 0.2) is 71.8 Å². The van der Waals surface area contributed by atoms with Crippen molar-refractivity contribution < 1.29 is 9.53 Å². The van der Waals surface area contributed by atoms with Gasteiger partial charge in [0.2, 0.25) is 0 Å². The van der Waals surface area contributed by atoms with E-state index in [0.717, 1.165) is 16.3 Å². The lowest BCUT2D eigenvalue weighted by Gasteiger charge is -2.13. The van der Waals surface area contributed by atoms with Crippen molar-refractivity contribution in [2.45, 2.75) is 32.8 Å². The number of rotatable bonds is 6. The smallest absolute Gasteiger partial charge is 0.280 e. The molecule has 1 atom stereocenters. The van der Waals surface area contributed by atoms with E-state index in [4.69, 9.17) is 4.74 Å². The number of nitrogens with one attached hydrogen (secondary N) is 1. The van der Waals surface area contributed by atoms with E-state index in [1.165, 1.54) is 5.56 Å². The second kappa shape index (κ2) is 8.49. The first-order valence-corrected chi connectivity index (χ1v) is 9.11. The molecule has 0 saturated heterocycles. The standard InChI is InChI=1S/C23H24N2O2/c1-16(2)19-10-8-18(9-11-19)15-24-25-23(26)17(3)27-22-13-12-20-6-4-5-7-21(20)14-22/h4-17H,1-3H3,(H,25,26)/b24-15+. The number of hydrogen-bond donors (Lipinski definition) is 1. The molecule has 0 aliphatic heterocycles. The Morgan fingerprint density at radius 3 is 2.37 bits per heavy atom. The molecule has 0 aliphatic rings. The van der Waals surface area contributed by atoms with E-state index in [0.29, 0.717) is 11.7 Å². The molecule has 0 heterocycles. The third-order valence-corrected chi connectivity index (χ3v) is 4.39. The summed E-state index contributed by atoms with van der Waals surface area (Å²) in [6.45, 7) is 6.01. The number of hydrogen-bond acceptors (Lipinski definition) is 3. The van der Waals surface area contributed by atoms with Gasteiger partial charge < -0.3 is 4.74 Å². The quantitative estimate of drug-likeness (QED) is 0.503. The van der Waals surface area contributed by atoms with E-state index in [9.17, 15) is 4.79 Å². The Bertz CT molecular complexity index is 946. The van der Waals surface area contributed by atoms with Crippen molar-refractivity contribution in [3.05, 3.63) is 77.9 Å². The molecule has 0 aromatic heterocycles. The number of nitrogens with zero attached hydrogens (tertiary/aromatic N) is 1. The predicted molar refractivity (Wildman–Crippen MR) is 110 cm³/mol. The summed E-state index contributed by atoms with van der Waals surface area (Å²) >= 11 is 0. The van der Waals surface area contributed by atoms with Gasteiger partial charge in [0.1, 0.15) is 5.75 Å². The summed E-state index contributed by atoms with van der Waals surface area (Å²) in [5.74, 6) is 0.853. The molecular weight excluding hydrogens is 336 g/mol. The lowest BCUT2D eigenvalue weighted by Crippen LogP contribution is -2.33. The first-order chi connectivity index (χ1) is 13.0. The molecule has 0 spiro atoms. The summed E-state index contributed by atoms with van der Waals surface area (Å²) in [4.78, 5) is 12.2. The van der Waals surface area contributed by atoms with Crippen LogP contribution in [-0.4, -0.2) is 18.2 Å². The molecule has 1 amide bonds. The highest BCUT2D eigenvalue weighted by atomic mass is 16.5. The number of fused-ring (bicyclic) bond motifs is 1. The Morgan fingerprint density at radius 2 is 1.67 bits per heavy atom. The summed E-state index contributed by atoms with van der Waals surface area (Å²) in [5, 5.41) is 6.23. The van der Waals surface area contributed by atoms with Gasteiger partial charge in [-0.15, -0.1) is 0 Å². The highest BCUT2D eigenvalue weighted by Crippen LogP contribution is 2.21. The highest BCUT2D eigenvalue weighted by Gasteiger charge is 2.14. The maximum Gasteiger partial charge on any atom is 0.280 e. The fourth-order valence-corrected chi connectivity index (χ4v) is 2.73. The van der Waals surface area contributed by atoms with Crippen LogP contribution in [0.5, 0.6) is 5.75 Å². The number of ether oxygens (including phenoxy) is 1. The molecule has 0 fully saturated rings. The van der Waals surface area contributed by atoms with Crippen LogP contribution in [0.3, 0.4) is 0 Å². The topological polar surface area (TPSA) is 50.7 Å². The van der Waals surface area contributed by atoms with Crippen molar-refractivity contribution in [3.63, 3.8) is 0 Å². The minimum absolute atomic E-state index is 0.293. The molecule has 4 heteroatoms. The van der Waals surface area contributed by atoms with Crippen LogP contribution in [-0.2, 0) is 4.79 Å². The number of benzene rings is 3. The van der Waals surface area contributed by atoms with E-state index in [-0.39, 0.29) is 5.91 Å². The predicted octanol–water partition coefficient (Wildman–Crippen LogP) is 4.88. The fourth-order valence-electron chi connectivity index (χ4n) is 2.73. The van der Waals surface area contributed by atoms with Crippen molar-refractivity contribution in [1.82, 2.24) is 5.43 Å². The van der Waals surface area contributed by atoms with Gasteiger partial charge in [-0.1, -0.05) is 68.4 Å². The van der Waals surface area contributed by atoms with E-state index < -0.39 is 6.10 Å². The van der Waals surface area contributed by atoms with Gasteiger partial charge in [0.15, 0.2) is 6.10 Å². The van der Waals surface area contributed by atoms with Gasteiger partial charge in [0.25, 0.3) is 5.91 Å². The fraction of sp³-hybridized carbons (Fsp3) is 0.217. The summed E-state index contributed by atoms with van der Waals surface area (Å²) in [6, 6.07) is 21.9. The third-order valence-electron chi connectivity index (χ3n) is 4.39. The van der Waals surface area contributed by atoms with Crippen molar-refractivity contribution in [1.29, 1.82) is 0 Å². The van der Waals surface area contributed by atoms with E-state index in [1.54, 1.807) is 13.1 Å². The molecule has 0 aliphatic carbocycles. The van der Waals surface area contributed by atoms with Crippen LogP contribution in [0, 0.1) is 0 Å². The largest absolute Gasteiger partial charge is 0.481 e. The van der Waals surface area contributed by atoms with Gasteiger partial charge in [-0.25, -0.2) is 5.43 Å². The maximum absolute atomic E-state index is 12.2. The first-order valence-electron chi connectivity index (χ1n) is 9.11. The molecular formula is C23H24N2O2. The second-order valence-electron chi connectivity index (χ2n) is 6.82. The molecule has 1 unspecified atom stereocenters. The molecule has 3 aromatic carbocycles. The van der Waals surface area contributed by atoms with E-state index in [2.05, 4.69) is 36.5 Å². The number of amides is 1. The molecule has 27 heavy (non-hydrogen) atoms. The summed E-state index contributed by atoms with van der Waals surface area (Å²) in [7, 11) is 0. The monoisotopic (exact) mass is 360 g/mol. The van der Waals surface area contributed by atoms with Crippen molar-refractivity contribution in [2.75, 3.05) is 0 Å². The van der Waals surface area contributed by atoms with Crippen LogP contribution in [0.1, 0.15) is 37.8 Å². The zero-order valence-corrected chi connectivity index (χ0v) is 15.8. The molecule has 0 radical (unpaired) electrons. The van der Waals surface area contributed by atoms with Gasteiger partial charge in [-0.3, -0.25) is 4.79 Å². The van der Waals surface area contributed by atoms with Crippen LogP contribution < -0.4 is 10.2 Å². The van der Waals surface area contributed by atoms with Crippen LogP contribution in [0.4, 0.5) is 0 Å². The summed E-state index contributed by atoms with van der Waals surface area (Å²) in [6.07, 6.45) is 0.983. The molecule has 1 N–H and O–H groups in total. The van der Waals surface area contributed by atoms with Gasteiger partial charge in [-0.05, 0) is 46.9 Å². The van der Waals surface area contributed by atoms with Gasteiger partial charge in [0.05, 0.1) is 6.21 Å². The molecule has 3 rings (SSSR count). The lowest BCUT2D eigenvalue weighted by atomic mass is 10.0. The van der Waals surface area contributed by atoms with E-state index in [1.807, 2.05) is 54.6 Å². The summed E-state index contributed by atoms with van der Waals surface area (Å²) in [5.41, 5.74) is 4.74. The molecule has 3 aromatic rings. The summed E-state index contributed by atoms with van der Waals surface area (Å²) < 4.78 is 5.74. The number of hydrazone groups is 1. The van der Waals surface area contributed by atoms with Gasteiger partial charge in [0, 0.05) is 0 Å². The molecule has 0 bridgehead atoms. The molecule has 138 valence electrons. The Hall–Kier alpha value is -3.14. The minimum Gasteiger partial charge on any atom is -0.481 e. The van der Waals surface area contributed by atoms with Crippen molar-refractivity contribution in [2.24, 2.45) is 5.10 Å². The third kappa shape index (κ3) is 4.94. The van der Waals surface area contributed by atoms with Crippen molar-refractivity contribution in [3.8, 4) is 5.75 Å². The number of carbonyl (C=O) groups excluding carboxylic acids is 1. The Balaban J connectivity index is 1.56. The van der Waals surface area contributed by atoms with Crippen LogP contribution in [0.2, 0.25) is 0 Å². The van der Waals surface area contributed by atoms with Crippen LogP contribution in [0.25, 0.3) is 10.8 Å². The zero-order chi connectivity index (χ0) is 19.2. The van der Waals surface area contributed by atoms with Crippen molar-refractivity contribution >= 4 is 22.9 Å². The van der Waals surface area contributed by atoms with Gasteiger partial charge in [-0.2, -0.15) is 5.10 Å². The average molecular weight is 360 g/mol. The lowest BCUT2D eigenvalue weighted by molar-refractivity contribution is -0.127. The maximum atomic E-state index is 12.2. The van der Waals surface area contributed by atoms with Gasteiger partial charge >= 0.3 is 0 Å². The first kappa shape index (κ1) is 18.6. The Kier molecular flexibility index (Phi) is 5.87. The molecule has 4 nitrogen and oxygen atoms in total. The average Bonchev–Trinajstić information content (AvgIpc) is 2.68. The SMILES string of the molecule is CC(Oc1ccc2ccccc2c1)C(=O)N/N=C/c1ccc(C(C)C)cc1. The highest BCUT2D eigenvalue weighted by molar-refractivity contribution is 5.85. The number of carbonyl (C=O) groups is 1. The normalized spacial score (nSPS) is 12.4. The second-order valence-corrected chi connectivity index (χ2v) is 6.82. The Morgan fingerprint density at radius 1 is 0.963 bits per heavy atom. The van der Waals surface area contributed by atoms with Crippen LogP contribution >= 0.6 is 0 Å². The Labute approximate surface area is 159 Å². The molecule has 0 saturated carbocycles. The zero-order valence-electron chi connectivity index (χ0n) is 15.8. The van der Waals surface area contributed by atoms with E-state index >= 15 is 0 Å².